The van der Waals surface area contributed by atoms with E-state index in [0.29, 0.717) is 24.1 Å². The molecule has 1 aliphatic heterocycles. The Bertz CT molecular complexity index is 1480. The number of aryl methyl sites for hydroxylation is 1. The molecule has 1 heterocycles. The van der Waals surface area contributed by atoms with Crippen molar-refractivity contribution in [1.29, 1.82) is 0 Å². The minimum atomic E-state index is -0.172. The summed E-state index contributed by atoms with van der Waals surface area (Å²) in [5, 5.41) is 6.17. The second-order valence-corrected chi connectivity index (χ2v) is 10.5. The van der Waals surface area contributed by atoms with Gasteiger partial charge in [0.2, 0.25) is 5.91 Å². The number of ether oxygens (including phenoxy) is 1. The molecule has 0 unspecified atom stereocenters. The second-order valence-electron chi connectivity index (χ2n) is 10.5. The Balaban J connectivity index is 1.33. The molecule has 0 aliphatic carbocycles. The number of amides is 2. The van der Waals surface area contributed by atoms with Crippen LogP contribution in [0.1, 0.15) is 40.9 Å². The molecule has 0 saturated carbocycles. The molecule has 1 saturated heterocycles. The topological polar surface area (TPSA) is 73.9 Å². The van der Waals surface area contributed by atoms with Crippen molar-refractivity contribution in [3.05, 3.63) is 120 Å². The summed E-state index contributed by atoms with van der Waals surface area (Å²) in [7, 11) is 1.69. The van der Waals surface area contributed by atoms with Gasteiger partial charge in [0.05, 0.1) is 24.4 Å². The molecular weight excluding hydrogens is 524 g/mol. The van der Waals surface area contributed by atoms with E-state index in [9.17, 15) is 9.59 Å². The first-order valence-electron chi connectivity index (χ1n) is 14.5. The summed E-state index contributed by atoms with van der Waals surface area (Å²) in [6, 6.07) is 33.4. The highest BCUT2D eigenvalue weighted by molar-refractivity contribution is 6.02. The molecule has 0 aromatic heterocycles. The minimum Gasteiger partial charge on any atom is -0.495 e. The fraction of sp³-hybridized carbons (Fsp3) is 0.257. The van der Waals surface area contributed by atoms with Gasteiger partial charge in [-0.3, -0.25) is 9.59 Å². The third-order valence-electron chi connectivity index (χ3n) is 7.70. The Kier molecular flexibility index (Phi) is 9.39. The number of hydrogen-bond acceptors (Lipinski definition) is 5. The number of rotatable bonds is 10. The van der Waals surface area contributed by atoms with Crippen LogP contribution in [0, 0.1) is 0 Å². The summed E-state index contributed by atoms with van der Waals surface area (Å²) in [4.78, 5) is 31.1. The van der Waals surface area contributed by atoms with Gasteiger partial charge in [-0.15, -0.1) is 0 Å². The molecule has 42 heavy (non-hydrogen) atoms. The van der Waals surface area contributed by atoms with Crippen molar-refractivity contribution in [2.45, 2.75) is 25.8 Å². The van der Waals surface area contributed by atoms with Gasteiger partial charge in [-0.25, -0.2) is 0 Å². The number of benzene rings is 4. The highest BCUT2D eigenvalue weighted by Crippen LogP contribution is 2.31. The molecule has 7 nitrogen and oxygen atoms in total. The van der Waals surface area contributed by atoms with Crippen molar-refractivity contribution in [3.63, 3.8) is 0 Å². The SMILES string of the molecule is COc1ccccc1N1CCN(c2ccc(NC(=O)CCc3ccccc3)cc2C(=O)N[C@@H](C)c2ccccc2)CC1. The van der Waals surface area contributed by atoms with E-state index in [2.05, 4.69) is 26.5 Å². The first-order chi connectivity index (χ1) is 20.5. The fourth-order valence-corrected chi connectivity index (χ4v) is 5.38. The maximum absolute atomic E-state index is 13.7. The van der Waals surface area contributed by atoms with E-state index in [1.165, 1.54) is 0 Å². The average molecular weight is 563 g/mol. The van der Waals surface area contributed by atoms with Gasteiger partial charge in [-0.05, 0) is 54.8 Å². The molecule has 1 aliphatic rings. The van der Waals surface area contributed by atoms with Gasteiger partial charge in [0, 0.05) is 44.0 Å². The number of carbonyl (C=O) groups excluding carboxylic acids is 2. The monoisotopic (exact) mass is 562 g/mol. The van der Waals surface area contributed by atoms with Crippen LogP contribution in [0.3, 0.4) is 0 Å². The lowest BCUT2D eigenvalue weighted by Gasteiger charge is -2.38. The Morgan fingerprint density at radius 1 is 0.786 bits per heavy atom. The Labute approximate surface area is 248 Å². The molecule has 0 radical (unpaired) electrons. The highest BCUT2D eigenvalue weighted by Gasteiger charge is 2.24. The highest BCUT2D eigenvalue weighted by atomic mass is 16.5. The van der Waals surface area contributed by atoms with Gasteiger partial charge in [-0.1, -0.05) is 72.8 Å². The van der Waals surface area contributed by atoms with Crippen LogP contribution in [0.2, 0.25) is 0 Å². The Morgan fingerprint density at radius 2 is 1.40 bits per heavy atom. The summed E-state index contributed by atoms with van der Waals surface area (Å²) in [5.74, 6) is 0.600. The minimum absolute atomic E-state index is 0.0824. The van der Waals surface area contributed by atoms with Crippen molar-refractivity contribution in [3.8, 4) is 5.75 Å². The van der Waals surface area contributed by atoms with Gasteiger partial charge >= 0.3 is 0 Å². The average Bonchev–Trinajstić information content (AvgIpc) is 3.04. The maximum atomic E-state index is 13.7. The van der Waals surface area contributed by atoms with Crippen molar-refractivity contribution in [1.82, 2.24) is 5.32 Å². The molecule has 4 aromatic carbocycles. The molecule has 1 atom stereocenters. The number of piperazine rings is 1. The van der Waals surface area contributed by atoms with Gasteiger partial charge in [-0.2, -0.15) is 0 Å². The van der Waals surface area contributed by atoms with Crippen molar-refractivity contribution >= 4 is 28.9 Å². The van der Waals surface area contributed by atoms with Crippen LogP contribution in [-0.2, 0) is 11.2 Å². The molecular formula is C35H38N4O3. The van der Waals surface area contributed by atoms with E-state index in [1.54, 1.807) is 13.2 Å². The van der Waals surface area contributed by atoms with Crippen molar-refractivity contribution < 1.29 is 14.3 Å². The lowest BCUT2D eigenvalue weighted by atomic mass is 10.1. The lowest BCUT2D eigenvalue weighted by Crippen LogP contribution is -2.47. The molecule has 2 N–H and O–H groups in total. The first-order valence-corrected chi connectivity index (χ1v) is 14.5. The van der Waals surface area contributed by atoms with E-state index in [1.807, 2.05) is 97.9 Å². The van der Waals surface area contributed by atoms with Crippen LogP contribution in [0.15, 0.2) is 103 Å². The zero-order chi connectivity index (χ0) is 29.3. The predicted molar refractivity (Wildman–Crippen MR) is 170 cm³/mol. The predicted octanol–water partition coefficient (Wildman–Crippen LogP) is 6.08. The molecule has 0 spiro atoms. The van der Waals surface area contributed by atoms with Gasteiger partial charge in [0.15, 0.2) is 0 Å². The molecule has 4 aromatic rings. The van der Waals surface area contributed by atoms with Crippen LogP contribution in [0.5, 0.6) is 5.75 Å². The molecule has 5 rings (SSSR count). The Hall–Kier alpha value is -4.78. The Morgan fingerprint density at radius 3 is 2.10 bits per heavy atom. The zero-order valence-corrected chi connectivity index (χ0v) is 24.3. The second kappa shape index (κ2) is 13.7. The molecule has 2 amide bonds. The number of carbonyl (C=O) groups is 2. The summed E-state index contributed by atoms with van der Waals surface area (Å²) < 4.78 is 5.58. The van der Waals surface area contributed by atoms with Crippen LogP contribution in [-0.4, -0.2) is 45.1 Å². The molecule has 216 valence electrons. The van der Waals surface area contributed by atoms with Gasteiger partial charge < -0.3 is 25.2 Å². The van der Waals surface area contributed by atoms with Gasteiger partial charge in [0.25, 0.3) is 5.91 Å². The molecule has 1 fully saturated rings. The normalized spacial score (nSPS) is 13.8. The standard InChI is InChI=1S/C35H38N4O3/c1-26(28-13-7-4-8-14-28)36-35(41)30-25-29(37-34(40)20-17-27-11-5-3-6-12-27)18-19-31(30)38-21-23-39(24-22-38)32-15-9-10-16-33(32)42-2/h3-16,18-19,25-26H,17,20-24H2,1-2H3,(H,36,41)(H,37,40)/t26-/m0/s1. The summed E-state index contributed by atoms with van der Waals surface area (Å²) >= 11 is 0. The molecule has 0 bridgehead atoms. The fourth-order valence-electron chi connectivity index (χ4n) is 5.38. The quantitative estimate of drug-likeness (QED) is 0.245. The molecule has 7 heteroatoms. The third kappa shape index (κ3) is 7.10. The van der Waals surface area contributed by atoms with Crippen LogP contribution in [0.25, 0.3) is 0 Å². The van der Waals surface area contributed by atoms with Crippen LogP contribution >= 0.6 is 0 Å². The summed E-state index contributed by atoms with van der Waals surface area (Å²) in [6.45, 7) is 5.05. The maximum Gasteiger partial charge on any atom is 0.253 e. The number of nitrogens with zero attached hydrogens (tertiary/aromatic N) is 2. The smallest absolute Gasteiger partial charge is 0.253 e. The number of nitrogens with one attached hydrogen (secondary N) is 2. The number of anilines is 3. The van der Waals surface area contributed by atoms with Crippen molar-refractivity contribution in [2.24, 2.45) is 0 Å². The van der Waals surface area contributed by atoms with Gasteiger partial charge in [0.1, 0.15) is 5.75 Å². The lowest BCUT2D eigenvalue weighted by molar-refractivity contribution is -0.116. The van der Waals surface area contributed by atoms with E-state index in [0.717, 1.165) is 54.4 Å². The summed E-state index contributed by atoms with van der Waals surface area (Å²) in [5.41, 5.74) is 5.23. The van der Waals surface area contributed by atoms with E-state index >= 15 is 0 Å². The number of para-hydroxylation sites is 2. The number of hydrogen-bond donors (Lipinski definition) is 2. The van der Waals surface area contributed by atoms with E-state index in [-0.39, 0.29) is 17.9 Å². The zero-order valence-electron chi connectivity index (χ0n) is 24.3. The third-order valence-corrected chi connectivity index (χ3v) is 7.70. The van der Waals surface area contributed by atoms with E-state index < -0.39 is 0 Å². The van der Waals surface area contributed by atoms with Crippen LogP contribution < -0.4 is 25.2 Å². The summed E-state index contributed by atoms with van der Waals surface area (Å²) in [6.07, 6.45) is 1.02. The van der Waals surface area contributed by atoms with E-state index in [4.69, 9.17) is 4.74 Å². The number of methoxy groups -OCH3 is 1. The largest absolute Gasteiger partial charge is 0.495 e. The first kappa shape index (κ1) is 28.7. The van der Waals surface area contributed by atoms with Crippen molar-refractivity contribution in [2.75, 3.05) is 48.4 Å². The van der Waals surface area contributed by atoms with Crippen LogP contribution in [0.4, 0.5) is 17.1 Å².